The number of hydrogen-bond donors (Lipinski definition) is 0. The van der Waals surface area contributed by atoms with Crippen molar-refractivity contribution in [1.29, 1.82) is 0 Å². The zero-order chi connectivity index (χ0) is 8.27. The molecule has 0 spiro atoms. The molecule has 1 aromatic rings. The van der Waals surface area contributed by atoms with Crippen molar-refractivity contribution in [1.82, 2.24) is 0 Å². The molecule has 0 saturated carbocycles. The molecule has 1 nitrogen and oxygen atoms in total. The van der Waals surface area contributed by atoms with Crippen molar-refractivity contribution in [3.63, 3.8) is 0 Å². The first kappa shape index (κ1) is 8.57. The lowest BCUT2D eigenvalue weighted by Crippen LogP contribution is -1.89. The van der Waals surface area contributed by atoms with Gasteiger partial charge in [0.15, 0.2) is 0 Å². The van der Waals surface area contributed by atoms with Crippen molar-refractivity contribution in [2.24, 2.45) is 0 Å². The molecule has 0 amide bonds. The van der Waals surface area contributed by atoms with E-state index < -0.39 is 5.38 Å². The van der Waals surface area contributed by atoms with Gasteiger partial charge in [0.2, 0.25) is 0 Å². The molecule has 0 aliphatic rings. The van der Waals surface area contributed by atoms with Gasteiger partial charge in [0, 0.05) is 5.02 Å². The van der Waals surface area contributed by atoms with Crippen molar-refractivity contribution < 1.29 is 4.79 Å². The van der Waals surface area contributed by atoms with Crippen LogP contribution in [0.5, 0.6) is 0 Å². The molecule has 0 N–H and O–H groups in total. The Bertz CT molecular complexity index is 243. The van der Waals surface area contributed by atoms with Crippen LogP contribution in [0, 0.1) is 0 Å². The fourth-order valence-corrected chi connectivity index (χ4v) is 0.997. The summed E-state index contributed by atoms with van der Waals surface area (Å²) in [4.78, 5) is 10.2. The lowest BCUT2D eigenvalue weighted by molar-refractivity contribution is -0.107. The molecule has 1 rings (SSSR count). The van der Waals surface area contributed by atoms with Crippen molar-refractivity contribution >= 4 is 29.5 Å². The second-order valence-electron chi connectivity index (χ2n) is 2.09. The van der Waals surface area contributed by atoms with Gasteiger partial charge < -0.3 is 4.79 Å². The van der Waals surface area contributed by atoms with Crippen molar-refractivity contribution in [3.8, 4) is 0 Å². The summed E-state index contributed by atoms with van der Waals surface area (Å²) >= 11 is 11.3. The Kier molecular flexibility index (Phi) is 2.92. The van der Waals surface area contributed by atoms with E-state index in [4.69, 9.17) is 23.2 Å². The highest BCUT2D eigenvalue weighted by molar-refractivity contribution is 6.30. The smallest absolute Gasteiger partial charge is 0.142 e. The lowest BCUT2D eigenvalue weighted by atomic mass is 10.2. The van der Waals surface area contributed by atoms with Crippen molar-refractivity contribution in [2.45, 2.75) is 5.38 Å². The van der Waals surface area contributed by atoms with Crippen LogP contribution < -0.4 is 0 Å². The van der Waals surface area contributed by atoms with Gasteiger partial charge in [-0.15, -0.1) is 11.6 Å². The van der Waals surface area contributed by atoms with Gasteiger partial charge in [-0.05, 0) is 17.7 Å². The normalized spacial score (nSPS) is 12.5. The van der Waals surface area contributed by atoms with Gasteiger partial charge >= 0.3 is 0 Å². The number of aldehydes is 1. The van der Waals surface area contributed by atoms with Gasteiger partial charge in [-0.2, -0.15) is 0 Å². The molecule has 1 atom stereocenters. The van der Waals surface area contributed by atoms with Crippen molar-refractivity contribution in [2.75, 3.05) is 0 Å². The maximum atomic E-state index is 10.2. The summed E-state index contributed by atoms with van der Waals surface area (Å²) in [6.45, 7) is 0. The highest BCUT2D eigenvalue weighted by Gasteiger charge is 2.03. The van der Waals surface area contributed by atoms with E-state index in [-0.39, 0.29) is 0 Å². The van der Waals surface area contributed by atoms with Crippen molar-refractivity contribution in [3.05, 3.63) is 34.9 Å². The SMILES string of the molecule is O=C[C@@H](Cl)c1ccc(Cl)cc1. The number of alkyl halides is 1. The molecule has 0 aliphatic carbocycles. The molecule has 3 heteroatoms. The summed E-state index contributed by atoms with van der Waals surface area (Å²) < 4.78 is 0. The average molecular weight is 189 g/mol. The number of benzene rings is 1. The van der Waals surface area contributed by atoms with Crippen LogP contribution in [0.15, 0.2) is 24.3 Å². The molecule has 0 fully saturated rings. The van der Waals surface area contributed by atoms with Crippen LogP contribution >= 0.6 is 23.2 Å². The fraction of sp³-hybridized carbons (Fsp3) is 0.125. The van der Waals surface area contributed by atoms with Crippen LogP contribution in [-0.2, 0) is 4.79 Å². The molecule has 58 valence electrons. The average Bonchev–Trinajstić information content (AvgIpc) is 2.05. The number of carbonyl (C=O) groups is 1. The van der Waals surface area contributed by atoms with Gasteiger partial charge in [0.25, 0.3) is 0 Å². The third-order valence-electron chi connectivity index (χ3n) is 1.31. The molecular weight excluding hydrogens is 183 g/mol. The zero-order valence-corrected chi connectivity index (χ0v) is 7.14. The summed E-state index contributed by atoms with van der Waals surface area (Å²) in [5.41, 5.74) is 0.770. The monoisotopic (exact) mass is 188 g/mol. The Morgan fingerprint density at radius 3 is 2.27 bits per heavy atom. The van der Waals surface area contributed by atoms with Crippen LogP contribution in [0.25, 0.3) is 0 Å². The predicted octanol–water partition coefficient (Wildman–Crippen LogP) is 2.82. The second-order valence-corrected chi connectivity index (χ2v) is 3.00. The molecular formula is C8H6Cl2O. The molecule has 0 heterocycles. The first-order valence-electron chi connectivity index (χ1n) is 3.09. The standard InChI is InChI=1S/C8H6Cl2O/c9-7-3-1-6(2-4-7)8(10)5-11/h1-5,8H/t8-/m1/s1. The molecule has 0 radical (unpaired) electrons. The quantitative estimate of drug-likeness (QED) is 0.516. The van der Waals surface area contributed by atoms with E-state index in [2.05, 4.69) is 0 Å². The van der Waals surface area contributed by atoms with Gasteiger partial charge in [-0.3, -0.25) is 0 Å². The predicted molar refractivity (Wildman–Crippen MR) is 46.1 cm³/mol. The Morgan fingerprint density at radius 1 is 1.27 bits per heavy atom. The second kappa shape index (κ2) is 3.74. The van der Waals surface area contributed by atoms with Crippen LogP contribution in [0.4, 0.5) is 0 Å². The molecule has 11 heavy (non-hydrogen) atoms. The molecule has 0 saturated heterocycles. The Balaban J connectivity index is 2.89. The van der Waals surface area contributed by atoms with Crippen LogP contribution in [-0.4, -0.2) is 6.29 Å². The number of hydrogen-bond acceptors (Lipinski definition) is 1. The van der Waals surface area contributed by atoms with E-state index in [9.17, 15) is 4.79 Å². The van der Waals surface area contributed by atoms with E-state index in [1.807, 2.05) is 0 Å². The molecule has 1 aromatic carbocycles. The maximum Gasteiger partial charge on any atom is 0.142 e. The number of carbonyl (C=O) groups excluding carboxylic acids is 1. The zero-order valence-electron chi connectivity index (χ0n) is 5.63. The fourth-order valence-electron chi connectivity index (χ4n) is 0.725. The molecule has 0 bridgehead atoms. The van der Waals surface area contributed by atoms with Crippen LogP contribution in [0.1, 0.15) is 10.9 Å². The summed E-state index contributed by atoms with van der Waals surface area (Å²) in [5, 5.41) is 0.0794. The maximum absolute atomic E-state index is 10.2. The Hall–Kier alpha value is -0.530. The number of rotatable bonds is 2. The number of halogens is 2. The minimum absolute atomic E-state index is 0.563. The highest BCUT2D eigenvalue weighted by atomic mass is 35.5. The van der Waals surface area contributed by atoms with Crippen LogP contribution in [0.2, 0.25) is 5.02 Å². The third kappa shape index (κ3) is 2.21. The first-order valence-corrected chi connectivity index (χ1v) is 3.90. The van der Waals surface area contributed by atoms with E-state index in [0.717, 1.165) is 5.56 Å². The third-order valence-corrected chi connectivity index (χ3v) is 1.91. The lowest BCUT2D eigenvalue weighted by Gasteiger charge is -2.00. The summed E-state index contributed by atoms with van der Waals surface area (Å²) in [7, 11) is 0. The van der Waals surface area contributed by atoms with E-state index in [1.165, 1.54) is 0 Å². The van der Waals surface area contributed by atoms with Gasteiger partial charge in [-0.25, -0.2) is 0 Å². The molecule has 0 aliphatic heterocycles. The summed E-state index contributed by atoms with van der Waals surface area (Å²) in [6, 6.07) is 6.87. The van der Waals surface area contributed by atoms with Gasteiger partial charge in [-0.1, -0.05) is 23.7 Å². The molecule has 0 unspecified atom stereocenters. The van der Waals surface area contributed by atoms with Gasteiger partial charge in [0.05, 0.1) is 0 Å². The highest BCUT2D eigenvalue weighted by Crippen LogP contribution is 2.19. The van der Waals surface area contributed by atoms with E-state index >= 15 is 0 Å². The Morgan fingerprint density at radius 2 is 1.82 bits per heavy atom. The van der Waals surface area contributed by atoms with Gasteiger partial charge in [0.1, 0.15) is 11.7 Å². The van der Waals surface area contributed by atoms with E-state index in [0.29, 0.717) is 11.3 Å². The summed E-state index contributed by atoms with van der Waals surface area (Å²) in [6.07, 6.45) is 0.685. The molecule has 0 aromatic heterocycles. The van der Waals surface area contributed by atoms with E-state index in [1.54, 1.807) is 24.3 Å². The summed E-state index contributed by atoms with van der Waals surface area (Å²) in [5.74, 6) is 0. The minimum atomic E-state index is -0.563. The first-order chi connectivity index (χ1) is 5.24. The minimum Gasteiger partial charge on any atom is -0.301 e. The van der Waals surface area contributed by atoms with Crippen LogP contribution in [0.3, 0.4) is 0 Å². The topological polar surface area (TPSA) is 17.1 Å². The Labute approximate surface area is 74.9 Å². The largest absolute Gasteiger partial charge is 0.301 e.